The van der Waals surface area contributed by atoms with E-state index < -0.39 is 6.04 Å². The van der Waals surface area contributed by atoms with Crippen molar-refractivity contribution in [2.24, 2.45) is 5.73 Å². The number of aryl methyl sites for hydroxylation is 1. The van der Waals surface area contributed by atoms with Crippen LogP contribution < -0.4 is 11.1 Å². The molecule has 2 unspecified atom stereocenters. The molecule has 1 aliphatic rings. The number of ether oxygens (including phenoxy) is 2. The van der Waals surface area contributed by atoms with Crippen molar-refractivity contribution in [2.75, 3.05) is 46.6 Å². The molecule has 1 aromatic carbocycles. The lowest BCUT2D eigenvalue weighted by Gasteiger charge is -2.31. The average molecular weight is 321 g/mol. The van der Waals surface area contributed by atoms with E-state index in [1.165, 1.54) is 5.56 Å². The van der Waals surface area contributed by atoms with Crippen molar-refractivity contribution in [3.8, 4) is 0 Å². The van der Waals surface area contributed by atoms with Gasteiger partial charge in [-0.05, 0) is 12.5 Å². The van der Waals surface area contributed by atoms with Crippen LogP contribution in [0.1, 0.15) is 17.2 Å². The molecule has 0 saturated carbocycles. The van der Waals surface area contributed by atoms with E-state index in [9.17, 15) is 4.79 Å². The first-order valence-electron chi connectivity index (χ1n) is 8.01. The molecule has 23 heavy (non-hydrogen) atoms. The standard InChI is InChI=1S/C17H27N3O3/c1-13-3-5-14(6-4-13)16(11-20-7-9-23-10-8-20)19-17(21)15(18)12-22-2/h3-6,15-16H,7-12,18H2,1-2H3,(H,19,21). The van der Waals surface area contributed by atoms with Crippen LogP contribution in [0.5, 0.6) is 0 Å². The Balaban J connectivity index is 2.06. The van der Waals surface area contributed by atoms with Gasteiger partial charge in [-0.15, -0.1) is 0 Å². The van der Waals surface area contributed by atoms with E-state index in [1.807, 2.05) is 6.92 Å². The molecule has 6 heteroatoms. The third kappa shape index (κ3) is 5.58. The third-order valence-corrected chi connectivity index (χ3v) is 4.02. The Bertz CT molecular complexity index is 486. The zero-order valence-corrected chi connectivity index (χ0v) is 14.0. The fourth-order valence-corrected chi connectivity index (χ4v) is 2.61. The minimum atomic E-state index is -0.655. The van der Waals surface area contributed by atoms with Gasteiger partial charge in [0.2, 0.25) is 5.91 Å². The number of nitrogens with one attached hydrogen (secondary N) is 1. The zero-order valence-electron chi connectivity index (χ0n) is 14.0. The highest BCUT2D eigenvalue weighted by Crippen LogP contribution is 2.16. The number of carbonyl (C=O) groups excluding carboxylic acids is 1. The number of hydrogen-bond acceptors (Lipinski definition) is 5. The second-order valence-corrected chi connectivity index (χ2v) is 5.95. The van der Waals surface area contributed by atoms with Crippen molar-refractivity contribution in [1.82, 2.24) is 10.2 Å². The molecule has 2 rings (SSSR count). The molecule has 0 aromatic heterocycles. The molecule has 0 bridgehead atoms. The van der Waals surface area contributed by atoms with Gasteiger partial charge in [0.05, 0.1) is 25.9 Å². The number of hydrogen-bond donors (Lipinski definition) is 2. The third-order valence-electron chi connectivity index (χ3n) is 4.02. The highest BCUT2D eigenvalue weighted by Gasteiger charge is 2.22. The number of morpholine rings is 1. The Hall–Kier alpha value is -1.47. The number of nitrogens with zero attached hydrogens (tertiary/aromatic N) is 1. The predicted molar refractivity (Wildman–Crippen MR) is 89.2 cm³/mol. The van der Waals surface area contributed by atoms with Gasteiger partial charge in [-0.1, -0.05) is 29.8 Å². The predicted octanol–water partition coefficient (Wildman–Crippen LogP) is 0.458. The molecular formula is C17H27N3O3. The summed E-state index contributed by atoms with van der Waals surface area (Å²) in [4.78, 5) is 14.6. The quantitative estimate of drug-likeness (QED) is 0.763. The van der Waals surface area contributed by atoms with Gasteiger partial charge >= 0.3 is 0 Å². The Kier molecular flexibility index (Phi) is 6.98. The van der Waals surface area contributed by atoms with Gasteiger partial charge in [0.15, 0.2) is 0 Å². The molecule has 1 amide bonds. The van der Waals surface area contributed by atoms with Crippen molar-refractivity contribution in [2.45, 2.75) is 19.0 Å². The summed E-state index contributed by atoms with van der Waals surface area (Å²) in [5.41, 5.74) is 8.12. The van der Waals surface area contributed by atoms with E-state index >= 15 is 0 Å². The first-order chi connectivity index (χ1) is 11.1. The number of rotatable bonds is 7. The fraction of sp³-hybridized carbons (Fsp3) is 0.588. The summed E-state index contributed by atoms with van der Waals surface area (Å²) in [6, 6.07) is 7.48. The lowest BCUT2D eigenvalue weighted by molar-refractivity contribution is -0.124. The number of methoxy groups -OCH3 is 1. The molecule has 1 heterocycles. The lowest BCUT2D eigenvalue weighted by atomic mass is 10.0. The normalized spacial score (nSPS) is 18.4. The number of benzene rings is 1. The van der Waals surface area contributed by atoms with E-state index in [1.54, 1.807) is 7.11 Å². The molecular weight excluding hydrogens is 294 g/mol. The number of carbonyl (C=O) groups is 1. The molecule has 6 nitrogen and oxygen atoms in total. The number of amides is 1. The molecule has 1 aliphatic heterocycles. The molecule has 1 aromatic rings. The summed E-state index contributed by atoms with van der Waals surface area (Å²) in [6.45, 7) is 6.23. The molecule has 1 fully saturated rings. The van der Waals surface area contributed by atoms with E-state index in [0.717, 1.165) is 38.4 Å². The summed E-state index contributed by atoms with van der Waals surface area (Å²) in [7, 11) is 1.54. The van der Waals surface area contributed by atoms with Gasteiger partial charge in [0.1, 0.15) is 6.04 Å². The zero-order chi connectivity index (χ0) is 16.7. The highest BCUT2D eigenvalue weighted by molar-refractivity contribution is 5.82. The van der Waals surface area contributed by atoms with Crippen molar-refractivity contribution < 1.29 is 14.3 Å². The van der Waals surface area contributed by atoms with E-state index in [2.05, 4.69) is 34.5 Å². The Morgan fingerprint density at radius 1 is 1.35 bits per heavy atom. The maximum Gasteiger partial charge on any atom is 0.239 e. The van der Waals surface area contributed by atoms with Crippen LogP contribution in [0.4, 0.5) is 0 Å². The molecule has 128 valence electrons. The lowest BCUT2D eigenvalue weighted by Crippen LogP contribution is -2.48. The van der Waals surface area contributed by atoms with Crippen LogP contribution in [-0.2, 0) is 14.3 Å². The van der Waals surface area contributed by atoms with Crippen molar-refractivity contribution in [1.29, 1.82) is 0 Å². The Labute approximate surface area is 137 Å². The van der Waals surface area contributed by atoms with Gasteiger partial charge in [0.25, 0.3) is 0 Å². The van der Waals surface area contributed by atoms with Crippen LogP contribution in [0.3, 0.4) is 0 Å². The van der Waals surface area contributed by atoms with Crippen LogP contribution in [0.15, 0.2) is 24.3 Å². The van der Waals surface area contributed by atoms with E-state index in [4.69, 9.17) is 15.2 Å². The molecule has 0 aliphatic carbocycles. The van der Waals surface area contributed by atoms with Crippen LogP contribution in [0, 0.1) is 6.92 Å². The summed E-state index contributed by atoms with van der Waals surface area (Å²) in [5, 5.41) is 3.06. The minimum Gasteiger partial charge on any atom is -0.383 e. The SMILES string of the molecule is COCC(N)C(=O)NC(CN1CCOCC1)c1ccc(C)cc1. The topological polar surface area (TPSA) is 76.8 Å². The van der Waals surface area contributed by atoms with Gasteiger partial charge < -0.3 is 20.5 Å². The summed E-state index contributed by atoms with van der Waals surface area (Å²) in [5.74, 6) is -0.189. The fourth-order valence-electron chi connectivity index (χ4n) is 2.61. The second-order valence-electron chi connectivity index (χ2n) is 5.95. The summed E-state index contributed by atoms with van der Waals surface area (Å²) < 4.78 is 10.4. The monoisotopic (exact) mass is 321 g/mol. The van der Waals surface area contributed by atoms with Crippen LogP contribution >= 0.6 is 0 Å². The molecule has 2 atom stereocenters. The van der Waals surface area contributed by atoms with Gasteiger partial charge in [-0.3, -0.25) is 9.69 Å². The molecule has 3 N–H and O–H groups in total. The molecule has 0 spiro atoms. The van der Waals surface area contributed by atoms with Gasteiger partial charge in [0, 0.05) is 26.7 Å². The van der Waals surface area contributed by atoms with Crippen molar-refractivity contribution in [3.63, 3.8) is 0 Å². The van der Waals surface area contributed by atoms with Crippen LogP contribution in [-0.4, -0.2) is 63.4 Å². The van der Waals surface area contributed by atoms with Gasteiger partial charge in [-0.2, -0.15) is 0 Å². The van der Waals surface area contributed by atoms with Crippen LogP contribution in [0.2, 0.25) is 0 Å². The Morgan fingerprint density at radius 2 is 2.00 bits per heavy atom. The highest BCUT2D eigenvalue weighted by atomic mass is 16.5. The van der Waals surface area contributed by atoms with Crippen LogP contribution in [0.25, 0.3) is 0 Å². The maximum absolute atomic E-state index is 12.3. The van der Waals surface area contributed by atoms with Crippen molar-refractivity contribution in [3.05, 3.63) is 35.4 Å². The van der Waals surface area contributed by atoms with E-state index in [-0.39, 0.29) is 18.6 Å². The summed E-state index contributed by atoms with van der Waals surface area (Å²) >= 11 is 0. The molecule has 0 radical (unpaired) electrons. The van der Waals surface area contributed by atoms with Gasteiger partial charge in [-0.25, -0.2) is 0 Å². The number of nitrogens with two attached hydrogens (primary N) is 1. The van der Waals surface area contributed by atoms with Crippen molar-refractivity contribution >= 4 is 5.91 Å². The summed E-state index contributed by atoms with van der Waals surface area (Å²) in [6.07, 6.45) is 0. The van der Waals surface area contributed by atoms with E-state index in [0.29, 0.717) is 0 Å². The largest absolute Gasteiger partial charge is 0.383 e. The first-order valence-corrected chi connectivity index (χ1v) is 8.01. The smallest absolute Gasteiger partial charge is 0.239 e. The maximum atomic E-state index is 12.3. The average Bonchev–Trinajstić information content (AvgIpc) is 2.56. The minimum absolute atomic E-state index is 0.0934. The second kappa shape index (κ2) is 8.98. The molecule has 1 saturated heterocycles. The Morgan fingerprint density at radius 3 is 2.61 bits per heavy atom. The first kappa shape index (κ1) is 17.9.